The van der Waals surface area contributed by atoms with E-state index in [1.165, 1.54) is 12.8 Å². The highest BCUT2D eigenvalue weighted by Crippen LogP contribution is 2.43. The third-order valence-corrected chi connectivity index (χ3v) is 3.00. The molecule has 1 saturated carbocycles. The van der Waals surface area contributed by atoms with Crippen LogP contribution < -0.4 is 0 Å². The second-order valence-electron chi connectivity index (χ2n) is 4.03. The molecule has 0 amide bonds. The summed E-state index contributed by atoms with van der Waals surface area (Å²) >= 11 is 5.22. The van der Waals surface area contributed by atoms with Gasteiger partial charge in [0, 0.05) is 12.0 Å². The maximum Gasteiger partial charge on any atom is 0.195 e. The average Bonchev–Trinajstić information content (AvgIpc) is 2.70. The van der Waals surface area contributed by atoms with Crippen LogP contribution in [0, 0.1) is 4.77 Å². The van der Waals surface area contributed by atoms with E-state index in [0.717, 1.165) is 23.4 Å². The van der Waals surface area contributed by atoms with Gasteiger partial charge in [-0.15, -0.1) is 0 Å². The molecule has 1 heterocycles. The minimum absolute atomic E-state index is 0.272. The Morgan fingerprint density at radius 1 is 1.62 bits per heavy atom. The van der Waals surface area contributed by atoms with Crippen LogP contribution in [0.15, 0.2) is 0 Å². The molecule has 0 bridgehead atoms. The lowest BCUT2D eigenvalue weighted by molar-refractivity contribution is 0.498. The van der Waals surface area contributed by atoms with Gasteiger partial charge in [-0.25, -0.2) is 0 Å². The van der Waals surface area contributed by atoms with Crippen molar-refractivity contribution in [1.29, 1.82) is 0 Å². The van der Waals surface area contributed by atoms with Crippen molar-refractivity contribution in [2.45, 2.75) is 45.1 Å². The zero-order chi connectivity index (χ0) is 9.47. The van der Waals surface area contributed by atoms with Gasteiger partial charge in [0.15, 0.2) is 4.77 Å². The largest absolute Gasteiger partial charge is 0.298 e. The average molecular weight is 197 g/mol. The topological polar surface area (TPSA) is 33.6 Å². The lowest BCUT2D eigenvalue weighted by atomic mass is 10.2. The van der Waals surface area contributed by atoms with E-state index in [0.29, 0.717) is 0 Å². The number of rotatable bonds is 3. The lowest BCUT2D eigenvalue weighted by Crippen LogP contribution is -2.15. The summed E-state index contributed by atoms with van der Waals surface area (Å²) in [5.41, 5.74) is 0.272. The highest BCUT2D eigenvalue weighted by molar-refractivity contribution is 7.71. The number of nitrogens with zero attached hydrogens (tertiary/aromatic N) is 2. The quantitative estimate of drug-likeness (QED) is 0.755. The minimum atomic E-state index is 0.272. The molecule has 1 aliphatic carbocycles. The van der Waals surface area contributed by atoms with E-state index in [9.17, 15) is 0 Å². The molecule has 1 aromatic rings. The van der Waals surface area contributed by atoms with Gasteiger partial charge in [0.2, 0.25) is 0 Å². The predicted molar refractivity (Wildman–Crippen MR) is 54.3 cm³/mol. The van der Waals surface area contributed by atoms with Crippen LogP contribution in [0.4, 0.5) is 0 Å². The van der Waals surface area contributed by atoms with Crippen LogP contribution in [0.3, 0.4) is 0 Å². The summed E-state index contributed by atoms with van der Waals surface area (Å²) in [6, 6.07) is 0. The molecule has 0 aromatic carbocycles. The van der Waals surface area contributed by atoms with Crippen molar-refractivity contribution in [1.82, 2.24) is 14.8 Å². The summed E-state index contributed by atoms with van der Waals surface area (Å²) in [5, 5.41) is 7.14. The van der Waals surface area contributed by atoms with Crippen LogP contribution in [0.2, 0.25) is 0 Å². The molecule has 72 valence electrons. The van der Waals surface area contributed by atoms with Gasteiger partial charge in [-0.2, -0.15) is 5.10 Å². The molecule has 1 aliphatic rings. The van der Waals surface area contributed by atoms with Crippen molar-refractivity contribution < 1.29 is 0 Å². The summed E-state index contributed by atoms with van der Waals surface area (Å²) in [6.45, 7) is 4.41. The first-order valence-electron chi connectivity index (χ1n) is 4.84. The van der Waals surface area contributed by atoms with Crippen LogP contribution in [-0.2, 0) is 12.0 Å². The highest BCUT2D eigenvalue weighted by atomic mass is 32.1. The first-order chi connectivity index (χ1) is 6.17. The molecule has 0 atom stereocenters. The van der Waals surface area contributed by atoms with E-state index in [2.05, 4.69) is 28.6 Å². The zero-order valence-corrected chi connectivity index (χ0v) is 8.95. The van der Waals surface area contributed by atoms with Gasteiger partial charge >= 0.3 is 0 Å². The van der Waals surface area contributed by atoms with Crippen molar-refractivity contribution >= 4 is 12.2 Å². The van der Waals surface area contributed by atoms with Crippen molar-refractivity contribution in [2.75, 3.05) is 0 Å². The first-order valence-corrected chi connectivity index (χ1v) is 5.25. The third-order valence-electron chi connectivity index (χ3n) is 2.73. The van der Waals surface area contributed by atoms with Crippen molar-refractivity contribution in [3.8, 4) is 0 Å². The summed E-state index contributed by atoms with van der Waals surface area (Å²) in [4.78, 5) is 0. The van der Waals surface area contributed by atoms with E-state index < -0.39 is 0 Å². The van der Waals surface area contributed by atoms with Gasteiger partial charge in [-0.05, 0) is 38.4 Å². The second-order valence-corrected chi connectivity index (χ2v) is 4.41. The van der Waals surface area contributed by atoms with E-state index in [-0.39, 0.29) is 5.54 Å². The maximum atomic E-state index is 5.22. The molecule has 0 unspecified atom stereocenters. The molecule has 3 nitrogen and oxygen atoms in total. The summed E-state index contributed by atoms with van der Waals surface area (Å²) in [7, 11) is 0. The highest BCUT2D eigenvalue weighted by Gasteiger charge is 2.41. The van der Waals surface area contributed by atoms with Gasteiger partial charge in [-0.1, -0.05) is 6.92 Å². The maximum absolute atomic E-state index is 5.22. The van der Waals surface area contributed by atoms with Gasteiger partial charge in [0.25, 0.3) is 0 Å². The SMILES string of the molecule is CCCc1n[nH]c(=S)n1C1(C)CC1. The molecule has 0 spiro atoms. The Kier molecular flexibility index (Phi) is 2.02. The molecule has 1 fully saturated rings. The van der Waals surface area contributed by atoms with E-state index in [1.54, 1.807) is 0 Å². The summed E-state index contributed by atoms with van der Waals surface area (Å²) < 4.78 is 2.98. The summed E-state index contributed by atoms with van der Waals surface area (Å²) in [6.07, 6.45) is 4.60. The number of hydrogen-bond acceptors (Lipinski definition) is 2. The Bertz CT molecular complexity index is 359. The van der Waals surface area contributed by atoms with E-state index >= 15 is 0 Å². The molecule has 4 heteroatoms. The molecule has 0 aliphatic heterocycles. The third kappa shape index (κ3) is 1.43. The number of hydrogen-bond donors (Lipinski definition) is 1. The van der Waals surface area contributed by atoms with Crippen LogP contribution >= 0.6 is 12.2 Å². The fraction of sp³-hybridized carbons (Fsp3) is 0.778. The van der Waals surface area contributed by atoms with Crippen molar-refractivity contribution in [3.05, 3.63) is 10.6 Å². The Morgan fingerprint density at radius 2 is 2.31 bits per heavy atom. The normalized spacial score (nSPS) is 18.9. The first kappa shape index (κ1) is 8.94. The number of H-pyrrole nitrogens is 1. The molecule has 0 radical (unpaired) electrons. The molecule has 1 N–H and O–H groups in total. The van der Waals surface area contributed by atoms with Crippen molar-refractivity contribution in [3.63, 3.8) is 0 Å². The second kappa shape index (κ2) is 2.94. The zero-order valence-electron chi connectivity index (χ0n) is 8.13. The number of aryl methyl sites for hydroxylation is 1. The molecular weight excluding hydrogens is 182 g/mol. The van der Waals surface area contributed by atoms with E-state index in [1.807, 2.05) is 0 Å². The number of aromatic amines is 1. The van der Waals surface area contributed by atoms with E-state index in [4.69, 9.17) is 12.2 Å². The standard InChI is InChI=1S/C9H15N3S/c1-3-4-7-10-11-8(13)12(7)9(2)5-6-9/h3-6H2,1-2H3,(H,11,13). The lowest BCUT2D eigenvalue weighted by Gasteiger charge is -2.12. The molecular formula is C9H15N3S. The van der Waals surface area contributed by atoms with Gasteiger partial charge < -0.3 is 0 Å². The summed E-state index contributed by atoms with van der Waals surface area (Å²) in [5.74, 6) is 1.12. The minimum Gasteiger partial charge on any atom is -0.298 e. The Morgan fingerprint density at radius 3 is 2.85 bits per heavy atom. The van der Waals surface area contributed by atoms with Crippen LogP contribution in [-0.4, -0.2) is 14.8 Å². The molecule has 1 aromatic heterocycles. The van der Waals surface area contributed by atoms with Crippen LogP contribution in [0.5, 0.6) is 0 Å². The number of aromatic nitrogens is 3. The predicted octanol–water partition coefficient (Wildman–Crippen LogP) is 2.40. The Labute approximate surface area is 83.2 Å². The van der Waals surface area contributed by atoms with Gasteiger partial charge in [0.1, 0.15) is 5.82 Å². The smallest absolute Gasteiger partial charge is 0.195 e. The van der Waals surface area contributed by atoms with Crippen LogP contribution in [0.1, 0.15) is 38.9 Å². The monoisotopic (exact) mass is 197 g/mol. The van der Waals surface area contributed by atoms with Gasteiger partial charge in [-0.3, -0.25) is 9.67 Å². The Hall–Kier alpha value is -0.640. The van der Waals surface area contributed by atoms with Gasteiger partial charge in [0.05, 0.1) is 0 Å². The Balaban J connectivity index is 2.41. The fourth-order valence-electron chi connectivity index (χ4n) is 1.68. The number of nitrogens with one attached hydrogen (secondary N) is 1. The van der Waals surface area contributed by atoms with Crippen molar-refractivity contribution in [2.24, 2.45) is 0 Å². The molecule has 0 saturated heterocycles. The fourth-order valence-corrected chi connectivity index (χ4v) is 2.05. The van der Waals surface area contributed by atoms with Crippen LogP contribution in [0.25, 0.3) is 0 Å². The molecule has 2 rings (SSSR count). The molecule has 13 heavy (non-hydrogen) atoms.